The van der Waals surface area contributed by atoms with Gasteiger partial charge >= 0.3 is 0 Å². The molecule has 4 nitrogen and oxygen atoms in total. The largest absolute Gasteiger partial charge is 0.477 e. The molecule has 1 aliphatic heterocycles. The fourth-order valence-electron chi connectivity index (χ4n) is 4.10. The van der Waals surface area contributed by atoms with Crippen LogP contribution < -0.4 is 0 Å². The predicted octanol–water partition coefficient (Wildman–Crippen LogP) is 4.52. The number of fused-ring (bicyclic) bond motifs is 1. The molecular weight excluding hydrogens is 383 g/mol. The van der Waals surface area contributed by atoms with Crippen molar-refractivity contribution in [3.05, 3.63) is 118 Å². The van der Waals surface area contributed by atoms with Gasteiger partial charge in [0.05, 0.1) is 11.5 Å². The molecule has 0 aromatic heterocycles. The molecule has 3 aromatic rings. The summed E-state index contributed by atoms with van der Waals surface area (Å²) in [7, 11) is 0. The molecule has 0 radical (unpaired) electrons. The van der Waals surface area contributed by atoms with Crippen LogP contribution in [0.5, 0.6) is 0 Å². The van der Waals surface area contributed by atoms with Crippen LogP contribution in [0.15, 0.2) is 90.2 Å². The number of hydrogen-bond acceptors (Lipinski definition) is 4. The van der Waals surface area contributed by atoms with Gasteiger partial charge in [-0.1, -0.05) is 66.7 Å². The third-order valence-corrected chi connectivity index (χ3v) is 5.52. The van der Waals surface area contributed by atoms with E-state index < -0.39 is 23.6 Å². The van der Waals surface area contributed by atoms with Crippen LogP contribution in [0, 0.1) is 5.82 Å². The Kier molecular flexibility index (Phi) is 4.17. The van der Waals surface area contributed by atoms with Gasteiger partial charge in [0.1, 0.15) is 5.82 Å². The summed E-state index contributed by atoms with van der Waals surface area (Å²) in [6.07, 6.45) is -1.09. The van der Waals surface area contributed by atoms with Crippen LogP contribution in [0.2, 0.25) is 0 Å². The molecule has 0 amide bonds. The fraction of sp³-hybridized carbons (Fsp3) is 0.0800. The number of ether oxygens (including phenoxy) is 1. The van der Waals surface area contributed by atoms with Crippen molar-refractivity contribution in [2.24, 2.45) is 0 Å². The van der Waals surface area contributed by atoms with Gasteiger partial charge in [0.15, 0.2) is 17.6 Å². The maximum Gasteiger partial charge on any atom is 0.228 e. The van der Waals surface area contributed by atoms with Gasteiger partial charge in [-0.15, -0.1) is 0 Å². The highest BCUT2D eigenvalue weighted by Crippen LogP contribution is 2.45. The predicted molar refractivity (Wildman–Crippen MR) is 107 cm³/mol. The lowest BCUT2D eigenvalue weighted by Gasteiger charge is -2.20. The van der Waals surface area contributed by atoms with Crippen LogP contribution in [0.4, 0.5) is 4.39 Å². The molecule has 5 heteroatoms. The summed E-state index contributed by atoms with van der Waals surface area (Å²) in [5.74, 6) is -2.45. The number of ketones is 3. The standard InChI is InChI=1S/C25H15FO4/c26-16-12-10-14(11-13-16)19-20-22(28)17-8-4-5-9-18(17)23(29)25(20)30-24(19)21(27)15-6-2-1-3-7-15/h1-13,19,24H/t19-,24-/m1/s1. The Morgan fingerprint density at radius 3 is 2.03 bits per heavy atom. The van der Waals surface area contributed by atoms with Crippen molar-refractivity contribution in [1.82, 2.24) is 0 Å². The molecule has 1 aliphatic carbocycles. The Hall–Kier alpha value is -3.86. The van der Waals surface area contributed by atoms with E-state index in [2.05, 4.69) is 0 Å². The molecule has 3 aromatic carbocycles. The number of hydrogen-bond donors (Lipinski definition) is 0. The van der Waals surface area contributed by atoms with Crippen molar-refractivity contribution in [1.29, 1.82) is 0 Å². The average Bonchev–Trinajstić information content (AvgIpc) is 3.19. The van der Waals surface area contributed by atoms with Crippen molar-refractivity contribution in [2.75, 3.05) is 0 Å². The normalized spacial score (nSPS) is 19.9. The quantitative estimate of drug-likeness (QED) is 0.609. The van der Waals surface area contributed by atoms with Crippen molar-refractivity contribution in [3.8, 4) is 0 Å². The van der Waals surface area contributed by atoms with Crippen molar-refractivity contribution >= 4 is 17.3 Å². The first-order valence-corrected chi connectivity index (χ1v) is 9.50. The van der Waals surface area contributed by atoms with Gasteiger partial charge in [0.25, 0.3) is 0 Å². The molecule has 0 unspecified atom stereocenters. The Morgan fingerprint density at radius 2 is 1.37 bits per heavy atom. The van der Waals surface area contributed by atoms with Crippen molar-refractivity contribution < 1.29 is 23.5 Å². The van der Waals surface area contributed by atoms with Crippen LogP contribution in [0.1, 0.15) is 42.6 Å². The number of carbonyl (C=O) groups excluding carboxylic acids is 3. The van der Waals surface area contributed by atoms with Crippen LogP contribution in [-0.4, -0.2) is 23.5 Å². The lowest BCUT2D eigenvalue weighted by atomic mass is 9.78. The van der Waals surface area contributed by atoms with Crippen LogP contribution >= 0.6 is 0 Å². The molecule has 0 spiro atoms. The number of rotatable bonds is 3. The maximum atomic E-state index is 13.5. The summed E-state index contributed by atoms with van der Waals surface area (Å²) in [5.41, 5.74) is 1.64. The third kappa shape index (κ3) is 2.70. The average molecular weight is 398 g/mol. The second kappa shape index (κ2) is 6.88. The van der Waals surface area contributed by atoms with E-state index in [9.17, 15) is 18.8 Å². The first-order valence-electron chi connectivity index (χ1n) is 9.50. The van der Waals surface area contributed by atoms with E-state index in [1.54, 1.807) is 54.6 Å². The number of allylic oxidation sites excluding steroid dienone is 1. The van der Waals surface area contributed by atoms with Crippen molar-refractivity contribution in [3.63, 3.8) is 0 Å². The molecule has 146 valence electrons. The zero-order valence-electron chi connectivity index (χ0n) is 15.7. The highest BCUT2D eigenvalue weighted by atomic mass is 19.1. The van der Waals surface area contributed by atoms with Crippen LogP contribution in [0.25, 0.3) is 0 Å². The van der Waals surface area contributed by atoms with Gasteiger partial charge in [0, 0.05) is 16.7 Å². The summed E-state index contributed by atoms with van der Waals surface area (Å²) in [5, 5.41) is 0. The number of carbonyl (C=O) groups is 3. The van der Waals surface area contributed by atoms with Gasteiger partial charge < -0.3 is 4.74 Å². The lowest BCUT2D eigenvalue weighted by Crippen LogP contribution is -2.28. The molecule has 30 heavy (non-hydrogen) atoms. The molecule has 5 rings (SSSR count). The summed E-state index contributed by atoms with van der Waals surface area (Å²) in [6, 6.07) is 20.6. The Balaban J connectivity index is 1.67. The molecule has 0 saturated heterocycles. The molecule has 0 N–H and O–H groups in total. The topological polar surface area (TPSA) is 60.4 Å². The molecule has 2 aliphatic rings. The van der Waals surface area contributed by atoms with Crippen LogP contribution in [-0.2, 0) is 4.74 Å². The minimum absolute atomic E-state index is 0.0951. The van der Waals surface area contributed by atoms with Gasteiger partial charge in [-0.2, -0.15) is 0 Å². The maximum absolute atomic E-state index is 13.5. The SMILES string of the molecule is O=C1C2=C(C(=O)c3ccccc31)[C@@H](c1ccc(F)cc1)[C@H](C(=O)c1ccccc1)O2. The van der Waals surface area contributed by atoms with E-state index in [0.717, 1.165) is 0 Å². The van der Waals surface area contributed by atoms with Gasteiger partial charge in [-0.05, 0) is 17.7 Å². The number of halogens is 1. The zero-order valence-corrected chi connectivity index (χ0v) is 15.7. The third-order valence-electron chi connectivity index (χ3n) is 5.52. The Labute approximate surface area is 171 Å². The van der Waals surface area contributed by atoms with Crippen LogP contribution in [0.3, 0.4) is 0 Å². The monoisotopic (exact) mass is 398 g/mol. The molecule has 0 bridgehead atoms. The smallest absolute Gasteiger partial charge is 0.228 e. The van der Waals surface area contributed by atoms with E-state index in [1.807, 2.05) is 0 Å². The van der Waals surface area contributed by atoms with E-state index in [1.165, 1.54) is 24.3 Å². The summed E-state index contributed by atoms with van der Waals surface area (Å²) >= 11 is 0. The van der Waals surface area contributed by atoms with Gasteiger partial charge in [0.2, 0.25) is 11.6 Å². The highest BCUT2D eigenvalue weighted by Gasteiger charge is 2.50. The van der Waals surface area contributed by atoms with Gasteiger partial charge in [-0.3, -0.25) is 14.4 Å². The molecule has 0 saturated carbocycles. The van der Waals surface area contributed by atoms with E-state index in [-0.39, 0.29) is 34.0 Å². The highest BCUT2D eigenvalue weighted by molar-refractivity contribution is 6.27. The summed E-state index contributed by atoms with van der Waals surface area (Å²) in [6.45, 7) is 0. The van der Waals surface area contributed by atoms with Crippen molar-refractivity contribution in [2.45, 2.75) is 12.0 Å². The Morgan fingerprint density at radius 1 is 0.767 bits per heavy atom. The fourth-order valence-corrected chi connectivity index (χ4v) is 4.10. The molecule has 0 fully saturated rings. The summed E-state index contributed by atoms with van der Waals surface area (Å²) < 4.78 is 19.4. The number of benzene rings is 3. The first-order chi connectivity index (χ1) is 14.6. The second-order valence-corrected chi connectivity index (χ2v) is 7.24. The lowest BCUT2D eigenvalue weighted by molar-refractivity contribution is 0.0640. The van der Waals surface area contributed by atoms with Gasteiger partial charge in [-0.25, -0.2) is 4.39 Å². The minimum Gasteiger partial charge on any atom is -0.477 e. The Bertz CT molecular complexity index is 1230. The zero-order chi connectivity index (χ0) is 20.8. The molecule has 2 atom stereocenters. The van der Waals surface area contributed by atoms with E-state index in [4.69, 9.17) is 4.74 Å². The van der Waals surface area contributed by atoms with E-state index in [0.29, 0.717) is 11.1 Å². The minimum atomic E-state index is -1.09. The molecule has 1 heterocycles. The van der Waals surface area contributed by atoms with E-state index >= 15 is 0 Å². The molecular formula is C25H15FO4. The first kappa shape index (κ1) is 18.2. The number of Topliss-reactive ketones (excluding diaryl/α,β-unsaturated/α-hetero) is 3. The second-order valence-electron chi connectivity index (χ2n) is 7.24. The summed E-state index contributed by atoms with van der Waals surface area (Å²) in [4.78, 5) is 39.7.